The average molecular weight is 1040 g/mol. The Bertz CT molecular complexity index is 3660. The zero-order valence-electron chi connectivity index (χ0n) is 49.4. The molecule has 0 saturated heterocycles. The molecule has 0 N–H and O–H groups in total. The van der Waals surface area contributed by atoms with Gasteiger partial charge in [-0.05, 0) is 171 Å². The molecule has 12 aromatic rings. The highest BCUT2D eigenvalue weighted by atomic mass is 14.1. The molecule has 80 heavy (non-hydrogen) atoms. The first-order valence-corrected chi connectivity index (χ1v) is 28.0. The Kier molecular flexibility index (Phi) is 21.5. The summed E-state index contributed by atoms with van der Waals surface area (Å²) >= 11 is 0. The van der Waals surface area contributed by atoms with E-state index in [1.54, 1.807) is 0 Å². The van der Waals surface area contributed by atoms with E-state index in [0.29, 0.717) is 0 Å². The van der Waals surface area contributed by atoms with E-state index in [-0.39, 0.29) is 0 Å². The van der Waals surface area contributed by atoms with Gasteiger partial charge in [0.25, 0.3) is 0 Å². The molecule has 0 heterocycles. The van der Waals surface area contributed by atoms with Crippen molar-refractivity contribution >= 4 is 21.5 Å². The first kappa shape index (κ1) is 58.8. The summed E-state index contributed by atoms with van der Waals surface area (Å²) in [6.45, 7) is 25.6. The first-order chi connectivity index (χ1) is 38.6. The summed E-state index contributed by atoms with van der Waals surface area (Å²) in [5.41, 5.74) is 26.3. The fourth-order valence-corrected chi connectivity index (χ4v) is 9.57. The molecule has 0 amide bonds. The van der Waals surface area contributed by atoms with E-state index in [4.69, 9.17) is 0 Å². The molecule has 0 spiro atoms. The van der Waals surface area contributed by atoms with E-state index in [2.05, 4.69) is 350 Å². The summed E-state index contributed by atoms with van der Waals surface area (Å²) in [7, 11) is 0. The Labute approximate surface area is 480 Å². The second-order valence-corrected chi connectivity index (χ2v) is 21.4. The van der Waals surface area contributed by atoms with E-state index in [9.17, 15) is 0 Å². The molecule has 0 radical (unpaired) electrons. The van der Waals surface area contributed by atoms with Gasteiger partial charge in [0.05, 0.1) is 0 Å². The van der Waals surface area contributed by atoms with Crippen molar-refractivity contribution in [3.8, 4) is 44.5 Å². The predicted octanol–water partition coefficient (Wildman–Crippen LogP) is 22.8. The maximum Gasteiger partial charge on any atom is -0.0152 e. The molecule has 0 unspecified atom stereocenters. The quantitative estimate of drug-likeness (QED) is 0.165. The third-order valence-electron chi connectivity index (χ3n) is 14.3. The molecule has 0 saturated carbocycles. The van der Waals surface area contributed by atoms with Crippen molar-refractivity contribution in [3.05, 3.63) is 334 Å². The lowest BCUT2D eigenvalue weighted by Crippen LogP contribution is -1.85. The molecular weight excluding hydrogens is 961 g/mol. The van der Waals surface area contributed by atoms with E-state index >= 15 is 0 Å². The Balaban J connectivity index is 0.000000139. The van der Waals surface area contributed by atoms with Crippen LogP contribution in [0.4, 0.5) is 0 Å². The van der Waals surface area contributed by atoms with E-state index in [1.165, 1.54) is 133 Å². The molecule has 0 atom stereocenters. The van der Waals surface area contributed by atoms with Gasteiger partial charge in [-0.2, -0.15) is 0 Å². The summed E-state index contributed by atoms with van der Waals surface area (Å²) in [6, 6.07) is 94.7. The molecule has 400 valence electrons. The van der Waals surface area contributed by atoms with Crippen molar-refractivity contribution in [1.29, 1.82) is 0 Å². The van der Waals surface area contributed by atoms with Crippen LogP contribution in [0.5, 0.6) is 0 Å². The van der Waals surface area contributed by atoms with Gasteiger partial charge in [0.2, 0.25) is 0 Å². The molecule has 0 aliphatic rings. The van der Waals surface area contributed by atoms with Crippen molar-refractivity contribution in [2.75, 3.05) is 0 Å². The summed E-state index contributed by atoms with van der Waals surface area (Å²) in [4.78, 5) is 0. The summed E-state index contributed by atoms with van der Waals surface area (Å²) in [5, 5.41) is 5.41. The standard InChI is InChI=1S/4C14H14.2C12H12/c1-11-3-7-13(8-4-11)14-9-5-12(2)6-10-14;1-11-5-3-7-13(9-11)14-8-4-6-12(2)10-14;1-11-7-3-5-9-13(11)14-10-6-4-8-12(14)2;1-11-6-8-13(9-7-11)14-5-3-4-12(2)10-14;1-9-3-5-12-8-10(2)4-6-11(12)7-9;1-9-5-3-8-12-10(2)6-4-7-11(9)12/h4*3-10H,1-2H3;2*3-8H,1-2H3. The van der Waals surface area contributed by atoms with Gasteiger partial charge >= 0.3 is 0 Å². The molecular formula is C80H80. The van der Waals surface area contributed by atoms with Crippen LogP contribution in [0.15, 0.2) is 267 Å². The van der Waals surface area contributed by atoms with Gasteiger partial charge in [-0.25, -0.2) is 0 Å². The number of aryl methyl sites for hydroxylation is 12. The van der Waals surface area contributed by atoms with E-state index < -0.39 is 0 Å². The van der Waals surface area contributed by atoms with Crippen LogP contribution in [0.2, 0.25) is 0 Å². The Morgan fingerprint density at radius 3 is 0.750 bits per heavy atom. The maximum absolute atomic E-state index is 2.22. The van der Waals surface area contributed by atoms with Crippen molar-refractivity contribution in [3.63, 3.8) is 0 Å². The normalized spacial score (nSPS) is 10.2. The molecule has 0 heteroatoms. The Morgan fingerprint density at radius 2 is 0.425 bits per heavy atom. The summed E-state index contributed by atoms with van der Waals surface area (Å²) in [6.07, 6.45) is 0. The number of hydrogen-bond donors (Lipinski definition) is 0. The summed E-state index contributed by atoms with van der Waals surface area (Å²) in [5.74, 6) is 0. The summed E-state index contributed by atoms with van der Waals surface area (Å²) < 4.78 is 0. The maximum atomic E-state index is 2.22. The third-order valence-corrected chi connectivity index (χ3v) is 14.3. The number of hydrogen-bond acceptors (Lipinski definition) is 0. The minimum atomic E-state index is 1.29. The van der Waals surface area contributed by atoms with Crippen LogP contribution in [0.3, 0.4) is 0 Å². The smallest absolute Gasteiger partial charge is 0.0152 e. The van der Waals surface area contributed by atoms with Gasteiger partial charge in [0, 0.05) is 0 Å². The molecule has 0 aliphatic carbocycles. The third kappa shape index (κ3) is 17.6. The topological polar surface area (TPSA) is 0 Å². The van der Waals surface area contributed by atoms with Gasteiger partial charge in [-0.1, -0.05) is 311 Å². The second kappa shape index (κ2) is 29.2. The molecule has 0 bridgehead atoms. The highest BCUT2D eigenvalue weighted by molar-refractivity contribution is 5.88. The number of fused-ring (bicyclic) bond motifs is 2. The van der Waals surface area contributed by atoms with Gasteiger partial charge in [0.1, 0.15) is 0 Å². The highest BCUT2D eigenvalue weighted by Gasteiger charge is 2.04. The van der Waals surface area contributed by atoms with Crippen molar-refractivity contribution in [1.82, 2.24) is 0 Å². The van der Waals surface area contributed by atoms with Crippen LogP contribution in [-0.4, -0.2) is 0 Å². The second-order valence-electron chi connectivity index (χ2n) is 21.4. The van der Waals surface area contributed by atoms with Crippen LogP contribution in [-0.2, 0) is 0 Å². The Morgan fingerprint density at radius 1 is 0.163 bits per heavy atom. The van der Waals surface area contributed by atoms with Crippen LogP contribution < -0.4 is 0 Å². The fourth-order valence-electron chi connectivity index (χ4n) is 9.57. The van der Waals surface area contributed by atoms with Crippen molar-refractivity contribution in [2.24, 2.45) is 0 Å². The largest absolute Gasteiger partial charge is 0.0620 e. The zero-order valence-corrected chi connectivity index (χ0v) is 49.4. The average Bonchev–Trinajstić information content (AvgIpc) is 3.46. The minimum absolute atomic E-state index is 1.29. The van der Waals surface area contributed by atoms with Crippen molar-refractivity contribution in [2.45, 2.75) is 83.1 Å². The van der Waals surface area contributed by atoms with Crippen molar-refractivity contribution < 1.29 is 0 Å². The predicted molar refractivity (Wildman–Crippen MR) is 352 cm³/mol. The van der Waals surface area contributed by atoms with Crippen LogP contribution >= 0.6 is 0 Å². The van der Waals surface area contributed by atoms with Gasteiger partial charge in [-0.15, -0.1) is 0 Å². The van der Waals surface area contributed by atoms with Gasteiger partial charge < -0.3 is 0 Å². The molecule has 0 aromatic heterocycles. The molecule has 12 rings (SSSR count). The van der Waals surface area contributed by atoms with Crippen LogP contribution in [0.25, 0.3) is 66.1 Å². The molecule has 0 nitrogen and oxygen atoms in total. The number of benzene rings is 12. The minimum Gasteiger partial charge on any atom is -0.0620 e. The first-order valence-electron chi connectivity index (χ1n) is 28.0. The monoisotopic (exact) mass is 1040 g/mol. The van der Waals surface area contributed by atoms with E-state index in [1.807, 2.05) is 0 Å². The SMILES string of the molecule is Cc1ccc(-c2ccc(C)cc2)cc1.Cc1ccc(-c2cccc(C)c2)cc1.Cc1ccc2cc(C)ccc2c1.Cc1cccc(-c2cccc(C)c2)c1.Cc1cccc2c(C)cccc12.Cc1ccccc1-c1ccccc1C. The lowest BCUT2D eigenvalue weighted by molar-refractivity contribution is 1.41. The zero-order chi connectivity index (χ0) is 57.0. The number of rotatable bonds is 4. The van der Waals surface area contributed by atoms with E-state index in [0.717, 1.165) is 0 Å². The van der Waals surface area contributed by atoms with Crippen LogP contribution in [0, 0.1) is 83.1 Å². The lowest BCUT2D eigenvalue weighted by atomic mass is 9.97. The fraction of sp³-hybridized carbons (Fsp3) is 0.150. The molecule has 12 aromatic carbocycles. The Hall–Kier alpha value is -8.84. The lowest BCUT2D eigenvalue weighted by Gasteiger charge is -2.08. The molecule has 0 aliphatic heterocycles. The highest BCUT2D eigenvalue weighted by Crippen LogP contribution is 2.27. The van der Waals surface area contributed by atoms with Gasteiger partial charge in [-0.3, -0.25) is 0 Å². The van der Waals surface area contributed by atoms with Gasteiger partial charge in [0.15, 0.2) is 0 Å². The van der Waals surface area contributed by atoms with Crippen LogP contribution in [0.1, 0.15) is 66.8 Å². The molecule has 0 fully saturated rings.